The highest BCUT2D eigenvalue weighted by atomic mass is 19.1. The average molecular weight is 291 g/mol. The van der Waals surface area contributed by atoms with E-state index in [1.165, 1.54) is 31.4 Å². The number of rotatable bonds is 4. The highest BCUT2D eigenvalue weighted by Gasteiger charge is 2.20. The van der Waals surface area contributed by atoms with Crippen LogP contribution in [0.4, 0.5) is 4.39 Å². The Labute approximate surface area is 126 Å². The second-order valence-electron chi connectivity index (χ2n) is 6.43. The van der Waals surface area contributed by atoms with Crippen molar-refractivity contribution in [2.45, 2.75) is 39.7 Å². The summed E-state index contributed by atoms with van der Waals surface area (Å²) >= 11 is 0. The molecule has 0 amide bonds. The molecule has 1 fully saturated rings. The summed E-state index contributed by atoms with van der Waals surface area (Å²) < 4.78 is 13.3. The zero-order chi connectivity index (χ0) is 15.4. The Kier molecular flexibility index (Phi) is 5.34. The lowest BCUT2D eigenvalue weighted by Crippen LogP contribution is -2.26. The minimum Gasteiger partial charge on any atom is -0.384 e. The van der Waals surface area contributed by atoms with E-state index < -0.39 is 0 Å². The van der Waals surface area contributed by atoms with Crippen LogP contribution in [0.2, 0.25) is 0 Å². The maximum Gasteiger partial charge on any atom is 0.123 e. The lowest BCUT2D eigenvalue weighted by Gasteiger charge is -2.22. The molecule has 0 bridgehead atoms. The number of nitrogen functional groups attached to an aromatic ring is 1. The molecule has 0 radical (unpaired) electrons. The minimum atomic E-state index is -0.334. The monoisotopic (exact) mass is 291 g/mol. The zero-order valence-electron chi connectivity index (χ0n) is 13.0. The first-order valence-corrected chi connectivity index (χ1v) is 7.82. The Morgan fingerprint density at radius 3 is 2.81 bits per heavy atom. The summed E-state index contributed by atoms with van der Waals surface area (Å²) in [6.45, 7) is 7.48. The quantitative estimate of drug-likeness (QED) is 0.660. The van der Waals surface area contributed by atoms with Gasteiger partial charge in [0.05, 0.1) is 0 Å². The summed E-state index contributed by atoms with van der Waals surface area (Å²) in [5.41, 5.74) is 7.06. The smallest absolute Gasteiger partial charge is 0.123 e. The molecule has 0 saturated carbocycles. The first-order valence-electron chi connectivity index (χ1n) is 7.82. The van der Waals surface area contributed by atoms with Crippen molar-refractivity contribution in [3.05, 3.63) is 35.1 Å². The summed E-state index contributed by atoms with van der Waals surface area (Å²) in [5.74, 6) is 1.15. The Morgan fingerprint density at radius 1 is 1.38 bits per heavy atom. The van der Waals surface area contributed by atoms with E-state index >= 15 is 0 Å². The fourth-order valence-electron chi connectivity index (χ4n) is 3.18. The molecule has 1 atom stereocenters. The van der Waals surface area contributed by atoms with Gasteiger partial charge in [-0.3, -0.25) is 10.3 Å². The Balaban J connectivity index is 2.06. The van der Waals surface area contributed by atoms with Gasteiger partial charge >= 0.3 is 0 Å². The number of nitrogens with two attached hydrogens (primary N) is 1. The first kappa shape index (κ1) is 16.0. The van der Waals surface area contributed by atoms with E-state index in [2.05, 4.69) is 18.7 Å². The molecule has 1 aliphatic heterocycles. The number of hydrogen-bond donors (Lipinski definition) is 2. The molecule has 1 saturated heterocycles. The molecular formula is C17H26FN3. The van der Waals surface area contributed by atoms with Crippen LogP contribution in [0.5, 0.6) is 0 Å². The van der Waals surface area contributed by atoms with E-state index in [1.807, 2.05) is 0 Å². The van der Waals surface area contributed by atoms with Crippen molar-refractivity contribution in [3.8, 4) is 0 Å². The molecule has 116 valence electrons. The van der Waals surface area contributed by atoms with Crippen LogP contribution in [0.3, 0.4) is 0 Å². The van der Waals surface area contributed by atoms with E-state index in [1.54, 1.807) is 6.07 Å². The minimum absolute atomic E-state index is 0.0561. The summed E-state index contributed by atoms with van der Waals surface area (Å²) in [6.07, 6.45) is 3.71. The summed E-state index contributed by atoms with van der Waals surface area (Å²) in [5, 5.41) is 7.61. The van der Waals surface area contributed by atoms with Gasteiger partial charge in [0.15, 0.2) is 0 Å². The molecule has 1 heterocycles. The largest absolute Gasteiger partial charge is 0.384 e. The first-order chi connectivity index (χ1) is 9.97. The highest BCUT2D eigenvalue weighted by molar-refractivity contribution is 5.96. The van der Waals surface area contributed by atoms with Crippen LogP contribution in [-0.2, 0) is 6.54 Å². The highest BCUT2D eigenvalue weighted by Crippen LogP contribution is 2.25. The van der Waals surface area contributed by atoms with Crippen LogP contribution in [0.25, 0.3) is 0 Å². The van der Waals surface area contributed by atoms with Crippen LogP contribution in [0, 0.1) is 23.1 Å². The maximum atomic E-state index is 13.3. The van der Waals surface area contributed by atoms with E-state index in [0.717, 1.165) is 37.0 Å². The molecule has 0 aromatic heterocycles. The lowest BCUT2D eigenvalue weighted by molar-refractivity contribution is 0.264. The van der Waals surface area contributed by atoms with Crippen molar-refractivity contribution >= 4 is 5.84 Å². The molecule has 1 aromatic carbocycles. The van der Waals surface area contributed by atoms with Crippen molar-refractivity contribution in [1.29, 1.82) is 5.41 Å². The van der Waals surface area contributed by atoms with Gasteiger partial charge in [0.25, 0.3) is 0 Å². The van der Waals surface area contributed by atoms with Crippen LogP contribution in [0.15, 0.2) is 18.2 Å². The molecular weight excluding hydrogens is 265 g/mol. The van der Waals surface area contributed by atoms with E-state index in [9.17, 15) is 4.39 Å². The van der Waals surface area contributed by atoms with Gasteiger partial charge < -0.3 is 5.73 Å². The number of hydrogen-bond acceptors (Lipinski definition) is 2. The zero-order valence-corrected chi connectivity index (χ0v) is 13.0. The van der Waals surface area contributed by atoms with Crippen LogP contribution in [0.1, 0.15) is 44.2 Å². The van der Waals surface area contributed by atoms with Crippen molar-refractivity contribution in [1.82, 2.24) is 4.90 Å². The molecule has 0 aliphatic carbocycles. The summed E-state index contributed by atoms with van der Waals surface area (Å²) in [4.78, 5) is 2.40. The average Bonchev–Trinajstić information content (AvgIpc) is 2.66. The van der Waals surface area contributed by atoms with Gasteiger partial charge in [0.1, 0.15) is 11.7 Å². The molecule has 21 heavy (non-hydrogen) atoms. The number of amidine groups is 1. The molecule has 3 N–H and O–H groups in total. The molecule has 3 nitrogen and oxygen atoms in total. The van der Waals surface area contributed by atoms with Gasteiger partial charge in [0.2, 0.25) is 0 Å². The Bertz CT molecular complexity index is 499. The number of nitrogens with zero attached hydrogens (tertiary/aromatic N) is 1. The fourth-order valence-corrected chi connectivity index (χ4v) is 3.18. The van der Waals surface area contributed by atoms with E-state index in [0.29, 0.717) is 5.56 Å². The normalized spacial score (nSPS) is 20.5. The number of likely N-dealkylation sites (tertiary alicyclic amines) is 1. The Hall–Kier alpha value is -1.42. The van der Waals surface area contributed by atoms with Crippen molar-refractivity contribution < 1.29 is 4.39 Å². The van der Waals surface area contributed by atoms with Gasteiger partial charge in [-0.15, -0.1) is 0 Å². The second kappa shape index (κ2) is 7.03. The number of nitrogens with one attached hydrogen (secondary N) is 1. The predicted octanol–water partition coefficient (Wildman–Crippen LogP) is 3.37. The van der Waals surface area contributed by atoms with Crippen LogP contribution < -0.4 is 5.73 Å². The molecule has 1 aliphatic rings. The van der Waals surface area contributed by atoms with E-state index in [4.69, 9.17) is 11.1 Å². The van der Waals surface area contributed by atoms with Gasteiger partial charge in [-0.05, 0) is 61.9 Å². The van der Waals surface area contributed by atoms with Crippen LogP contribution in [-0.4, -0.2) is 23.8 Å². The topological polar surface area (TPSA) is 53.1 Å². The molecule has 1 aromatic rings. The molecule has 2 rings (SSSR count). The fraction of sp³-hybridized carbons (Fsp3) is 0.588. The van der Waals surface area contributed by atoms with Gasteiger partial charge in [-0.2, -0.15) is 0 Å². The molecule has 0 spiro atoms. The standard InChI is InChI=1S/C17H26FN3/c1-12(2)13-4-3-8-21(9-7-13)11-14-5-6-15(18)10-16(14)17(19)20/h5-6,10,12-13H,3-4,7-9,11H2,1-2H3,(H3,19,20). The van der Waals surface area contributed by atoms with Crippen LogP contribution >= 0.6 is 0 Å². The number of benzene rings is 1. The molecule has 1 unspecified atom stereocenters. The van der Waals surface area contributed by atoms with Crippen molar-refractivity contribution in [2.24, 2.45) is 17.6 Å². The third kappa shape index (κ3) is 4.27. The second-order valence-corrected chi connectivity index (χ2v) is 6.43. The third-order valence-corrected chi connectivity index (χ3v) is 4.56. The van der Waals surface area contributed by atoms with E-state index in [-0.39, 0.29) is 11.7 Å². The van der Waals surface area contributed by atoms with Crippen molar-refractivity contribution in [3.63, 3.8) is 0 Å². The van der Waals surface area contributed by atoms with Gasteiger partial charge in [-0.1, -0.05) is 19.9 Å². The maximum absolute atomic E-state index is 13.3. The SMILES string of the molecule is CC(C)C1CCCN(Cc2ccc(F)cc2C(=N)N)CC1. The number of halogens is 1. The third-order valence-electron chi connectivity index (χ3n) is 4.56. The lowest BCUT2D eigenvalue weighted by atomic mass is 9.89. The van der Waals surface area contributed by atoms with Gasteiger partial charge in [0, 0.05) is 12.1 Å². The predicted molar refractivity (Wildman–Crippen MR) is 84.9 cm³/mol. The molecule has 4 heteroatoms. The van der Waals surface area contributed by atoms with Crippen molar-refractivity contribution in [2.75, 3.05) is 13.1 Å². The van der Waals surface area contributed by atoms with Gasteiger partial charge in [-0.25, -0.2) is 4.39 Å². The summed E-state index contributed by atoms with van der Waals surface area (Å²) in [6, 6.07) is 4.58. The Morgan fingerprint density at radius 2 is 2.14 bits per heavy atom. The summed E-state index contributed by atoms with van der Waals surface area (Å²) in [7, 11) is 0.